The summed E-state index contributed by atoms with van der Waals surface area (Å²) in [7, 11) is 4.11. The number of nitrogens with zero attached hydrogens (tertiary/aromatic N) is 1. The van der Waals surface area contributed by atoms with Gasteiger partial charge in [-0.25, -0.2) is 0 Å². The molecule has 1 amide bonds. The molecule has 0 radical (unpaired) electrons. The molecule has 1 aromatic rings. The van der Waals surface area contributed by atoms with Crippen LogP contribution in [0.15, 0.2) is 5.38 Å². The van der Waals surface area contributed by atoms with E-state index in [0.717, 1.165) is 26.1 Å². The Morgan fingerprint density at radius 1 is 1.27 bits per heavy atom. The van der Waals surface area contributed by atoms with E-state index in [0.29, 0.717) is 36.1 Å². The van der Waals surface area contributed by atoms with Crippen molar-refractivity contribution in [1.82, 2.24) is 10.2 Å². The summed E-state index contributed by atoms with van der Waals surface area (Å²) in [6.07, 6.45) is 1.84. The van der Waals surface area contributed by atoms with E-state index >= 15 is 0 Å². The number of nitrogens with one attached hydrogen (secondary N) is 1. The summed E-state index contributed by atoms with van der Waals surface area (Å²) < 4.78 is 16.5. The second kappa shape index (κ2) is 6.44. The van der Waals surface area contributed by atoms with Gasteiger partial charge in [0.1, 0.15) is 18.1 Å². The van der Waals surface area contributed by atoms with Crippen molar-refractivity contribution in [1.29, 1.82) is 0 Å². The monoisotopic (exact) mass is 326 g/mol. The molecular weight excluding hydrogens is 304 g/mol. The van der Waals surface area contributed by atoms with Crippen molar-refractivity contribution in [3.05, 3.63) is 10.3 Å². The van der Waals surface area contributed by atoms with E-state index < -0.39 is 0 Å². The zero-order valence-corrected chi connectivity index (χ0v) is 13.8. The molecular formula is C15H22N2O4S. The molecule has 3 rings (SSSR count). The number of hydrogen-bond acceptors (Lipinski definition) is 6. The fourth-order valence-corrected chi connectivity index (χ4v) is 3.72. The fraction of sp³-hybridized carbons (Fsp3) is 0.667. The van der Waals surface area contributed by atoms with E-state index in [-0.39, 0.29) is 11.4 Å². The summed E-state index contributed by atoms with van der Waals surface area (Å²) in [6, 6.07) is 0. The highest BCUT2D eigenvalue weighted by Gasteiger charge is 2.35. The Hall–Kier alpha value is -1.31. The van der Waals surface area contributed by atoms with Crippen LogP contribution in [0.3, 0.4) is 0 Å². The van der Waals surface area contributed by atoms with Gasteiger partial charge < -0.3 is 24.4 Å². The maximum atomic E-state index is 12.5. The van der Waals surface area contributed by atoms with Gasteiger partial charge in [0, 0.05) is 30.7 Å². The topological polar surface area (TPSA) is 60.0 Å². The molecule has 0 saturated carbocycles. The van der Waals surface area contributed by atoms with Gasteiger partial charge in [-0.05, 0) is 26.9 Å². The van der Waals surface area contributed by atoms with Crippen molar-refractivity contribution in [2.75, 3.05) is 47.1 Å². The Morgan fingerprint density at radius 2 is 2.00 bits per heavy atom. The van der Waals surface area contributed by atoms with Gasteiger partial charge in [0.05, 0.1) is 0 Å². The van der Waals surface area contributed by atoms with Gasteiger partial charge in [-0.1, -0.05) is 0 Å². The molecule has 3 heterocycles. The number of likely N-dealkylation sites (N-methyl/N-ethyl adjacent to an activating group) is 1. The maximum absolute atomic E-state index is 12.5. The average molecular weight is 326 g/mol. The van der Waals surface area contributed by atoms with Crippen molar-refractivity contribution in [3.63, 3.8) is 0 Å². The SMILES string of the molecule is CN(C)C1(CNC(=O)c2scc3c2OCCO3)CCOCC1. The molecule has 0 bridgehead atoms. The maximum Gasteiger partial charge on any atom is 0.265 e. The predicted molar refractivity (Wildman–Crippen MR) is 84.1 cm³/mol. The Bertz CT molecular complexity index is 538. The number of carbonyl (C=O) groups excluding carboxylic acids is 1. The van der Waals surface area contributed by atoms with Crippen molar-refractivity contribution >= 4 is 17.2 Å². The second-order valence-corrected chi connectivity index (χ2v) is 6.75. The normalized spacial score (nSPS) is 20.0. The van der Waals surface area contributed by atoms with Crippen LogP contribution in [0.25, 0.3) is 0 Å². The van der Waals surface area contributed by atoms with Gasteiger partial charge in [-0.3, -0.25) is 4.79 Å². The van der Waals surface area contributed by atoms with Crippen LogP contribution in [-0.4, -0.2) is 63.4 Å². The lowest BCUT2D eigenvalue weighted by Crippen LogP contribution is -2.55. The first-order valence-corrected chi connectivity index (χ1v) is 8.41. The van der Waals surface area contributed by atoms with E-state index in [4.69, 9.17) is 14.2 Å². The predicted octanol–water partition coefficient (Wildman–Crippen LogP) is 1.36. The van der Waals surface area contributed by atoms with Crippen molar-refractivity contribution < 1.29 is 19.0 Å². The van der Waals surface area contributed by atoms with Crippen LogP contribution in [-0.2, 0) is 4.74 Å². The first-order chi connectivity index (χ1) is 10.6. The van der Waals surface area contributed by atoms with Crippen LogP contribution in [0.4, 0.5) is 0 Å². The Morgan fingerprint density at radius 3 is 2.73 bits per heavy atom. The molecule has 122 valence electrons. The number of ether oxygens (including phenoxy) is 3. The quantitative estimate of drug-likeness (QED) is 0.905. The fourth-order valence-electron chi connectivity index (χ4n) is 2.88. The largest absolute Gasteiger partial charge is 0.485 e. The number of hydrogen-bond donors (Lipinski definition) is 1. The zero-order chi connectivity index (χ0) is 15.6. The summed E-state index contributed by atoms with van der Waals surface area (Å²) in [4.78, 5) is 15.3. The molecule has 7 heteroatoms. The van der Waals surface area contributed by atoms with Gasteiger partial charge in [-0.2, -0.15) is 0 Å². The van der Waals surface area contributed by atoms with Crippen LogP contribution in [0, 0.1) is 0 Å². The lowest BCUT2D eigenvalue weighted by molar-refractivity contribution is -0.00658. The molecule has 0 unspecified atom stereocenters. The minimum Gasteiger partial charge on any atom is -0.485 e. The summed E-state index contributed by atoms with van der Waals surface area (Å²) in [6.45, 7) is 3.10. The molecule has 2 aliphatic heterocycles. The zero-order valence-electron chi connectivity index (χ0n) is 13.0. The van der Waals surface area contributed by atoms with E-state index in [1.165, 1.54) is 11.3 Å². The standard InChI is InChI=1S/C15H22N2O4S/c1-17(2)15(3-5-19-6-4-15)10-16-14(18)13-12-11(9-22-13)20-7-8-21-12/h9H,3-8,10H2,1-2H3,(H,16,18). The van der Waals surface area contributed by atoms with Crippen molar-refractivity contribution in [2.45, 2.75) is 18.4 Å². The molecule has 1 saturated heterocycles. The molecule has 1 N–H and O–H groups in total. The Labute approximate surface area is 134 Å². The van der Waals surface area contributed by atoms with Crippen molar-refractivity contribution in [3.8, 4) is 11.5 Å². The third-order valence-corrected chi connectivity index (χ3v) is 5.40. The Balaban J connectivity index is 1.67. The lowest BCUT2D eigenvalue weighted by atomic mass is 9.88. The minimum absolute atomic E-state index is 0.0391. The lowest BCUT2D eigenvalue weighted by Gasteiger charge is -2.42. The molecule has 22 heavy (non-hydrogen) atoms. The molecule has 0 atom stereocenters. The summed E-state index contributed by atoms with van der Waals surface area (Å²) in [5.41, 5.74) is -0.0391. The van der Waals surface area contributed by atoms with Gasteiger partial charge in [0.15, 0.2) is 11.5 Å². The highest BCUT2D eigenvalue weighted by Crippen LogP contribution is 2.39. The van der Waals surface area contributed by atoms with Crippen molar-refractivity contribution in [2.24, 2.45) is 0 Å². The van der Waals surface area contributed by atoms with E-state index in [1.807, 2.05) is 5.38 Å². The Kier molecular flexibility index (Phi) is 4.56. The smallest absolute Gasteiger partial charge is 0.265 e. The second-order valence-electron chi connectivity index (χ2n) is 5.87. The van der Waals surface area contributed by atoms with E-state index in [9.17, 15) is 4.79 Å². The van der Waals surface area contributed by atoms with Gasteiger partial charge in [-0.15, -0.1) is 11.3 Å². The molecule has 1 aromatic heterocycles. The number of fused-ring (bicyclic) bond motifs is 1. The third kappa shape index (κ3) is 2.93. The number of rotatable bonds is 4. The van der Waals surface area contributed by atoms with Crippen LogP contribution in [0.5, 0.6) is 11.5 Å². The van der Waals surface area contributed by atoms with Gasteiger partial charge >= 0.3 is 0 Å². The molecule has 0 aliphatic carbocycles. The molecule has 6 nitrogen and oxygen atoms in total. The van der Waals surface area contributed by atoms with Gasteiger partial charge in [0.2, 0.25) is 0 Å². The molecule has 1 fully saturated rings. The highest BCUT2D eigenvalue weighted by atomic mass is 32.1. The third-order valence-electron chi connectivity index (χ3n) is 4.46. The average Bonchev–Trinajstić information content (AvgIpc) is 2.97. The van der Waals surface area contributed by atoms with E-state index in [1.54, 1.807) is 0 Å². The highest BCUT2D eigenvalue weighted by molar-refractivity contribution is 7.12. The number of carbonyl (C=O) groups is 1. The summed E-state index contributed by atoms with van der Waals surface area (Å²) in [5.74, 6) is 1.17. The molecule has 0 aromatic carbocycles. The first kappa shape index (κ1) is 15.6. The van der Waals surface area contributed by atoms with Crippen LogP contribution < -0.4 is 14.8 Å². The molecule has 0 spiro atoms. The summed E-state index contributed by atoms with van der Waals surface area (Å²) >= 11 is 1.37. The molecule has 2 aliphatic rings. The number of amides is 1. The van der Waals surface area contributed by atoms with Crippen LogP contribution >= 0.6 is 11.3 Å². The minimum atomic E-state index is -0.0931. The summed E-state index contributed by atoms with van der Waals surface area (Å²) in [5, 5.41) is 4.90. The first-order valence-electron chi connectivity index (χ1n) is 7.53. The van der Waals surface area contributed by atoms with E-state index in [2.05, 4.69) is 24.3 Å². The van der Waals surface area contributed by atoms with Gasteiger partial charge in [0.25, 0.3) is 5.91 Å². The van der Waals surface area contributed by atoms with Crippen LogP contribution in [0.2, 0.25) is 0 Å². The number of thiophene rings is 1. The van der Waals surface area contributed by atoms with Crippen LogP contribution in [0.1, 0.15) is 22.5 Å².